The van der Waals surface area contributed by atoms with E-state index >= 15 is 0 Å². The molecule has 1 atom stereocenters. The van der Waals surface area contributed by atoms with E-state index < -0.39 is 28.5 Å². The highest BCUT2D eigenvalue weighted by atomic mass is 79.9. The molecule has 0 aromatic heterocycles. The van der Waals surface area contributed by atoms with Gasteiger partial charge in [-0.3, -0.25) is 13.9 Å². The summed E-state index contributed by atoms with van der Waals surface area (Å²) in [7, 11) is -4.29. The number of carbonyl (C=O) groups excluding carboxylic acids is 2. The van der Waals surface area contributed by atoms with Crippen molar-refractivity contribution >= 4 is 66.7 Å². The maximum absolute atomic E-state index is 14.6. The molecule has 1 N–H and O–H groups in total. The van der Waals surface area contributed by atoms with Gasteiger partial charge in [0.2, 0.25) is 11.8 Å². The van der Waals surface area contributed by atoms with E-state index in [1.807, 2.05) is 54.6 Å². The van der Waals surface area contributed by atoms with E-state index in [0.717, 1.165) is 45.6 Å². The number of rotatable bonds is 12. The van der Waals surface area contributed by atoms with Crippen molar-refractivity contribution in [2.24, 2.45) is 0 Å². The molecular formula is C35H34BrCl2N3O4S. The Morgan fingerprint density at radius 2 is 1.46 bits per heavy atom. The van der Waals surface area contributed by atoms with E-state index in [0.29, 0.717) is 0 Å². The van der Waals surface area contributed by atoms with Gasteiger partial charge in [0.25, 0.3) is 10.0 Å². The molecule has 1 fully saturated rings. The van der Waals surface area contributed by atoms with Crippen molar-refractivity contribution in [2.45, 2.75) is 55.6 Å². The number of benzene rings is 4. The lowest BCUT2D eigenvalue weighted by atomic mass is 10.0. The van der Waals surface area contributed by atoms with Crippen molar-refractivity contribution in [3.8, 4) is 0 Å². The average molecular weight is 744 g/mol. The first-order chi connectivity index (χ1) is 22.1. The Morgan fingerprint density at radius 1 is 0.826 bits per heavy atom. The van der Waals surface area contributed by atoms with Gasteiger partial charge in [-0.1, -0.05) is 119 Å². The van der Waals surface area contributed by atoms with Crippen LogP contribution in [0, 0.1) is 0 Å². The summed E-state index contributed by atoms with van der Waals surface area (Å²) in [6, 6.07) is 28.5. The standard InChI is InChI=1S/C35H34BrCl2N3O4S/c36-27-20-18-26(19-21-27)23-40(32(22-25-10-3-1-4-11-25)35(43)39-28-12-7-8-13-28)33(42)24-41(31-17-9-16-30(37)34(31)38)46(44,45)29-14-5-2-6-15-29/h1-6,9-11,14-21,28,32H,7-8,12-13,22-24H2,(H,39,43). The monoisotopic (exact) mass is 741 g/mol. The molecule has 4 aromatic carbocycles. The minimum absolute atomic E-state index is 0.00394. The number of nitrogens with zero attached hydrogens (tertiary/aromatic N) is 2. The number of halogens is 3. The number of nitrogens with one attached hydrogen (secondary N) is 1. The second-order valence-electron chi connectivity index (χ2n) is 11.2. The van der Waals surface area contributed by atoms with Crippen LogP contribution < -0.4 is 9.62 Å². The van der Waals surface area contributed by atoms with E-state index in [4.69, 9.17) is 23.2 Å². The van der Waals surface area contributed by atoms with Crippen molar-refractivity contribution in [1.29, 1.82) is 0 Å². The zero-order valence-corrected chi connectivity index (χ0v) is 28.9. The lowest BCUT2D eigenvalue weighted by Crippen LogP contribution is -2.54. The fraction of sp³-hybridized carbons (Fsp3) is 0.257. The third-order valence-corrected chi connectivity index (χ3v) is 11.2. The molecular weight excluding hydrogens is 709 g/mol. The normalized spacial score (nSPS) is 14.1. The van der Waals surface area contributed by atoms with Crippen molar-refractivity contribution in [3.63, 3.8) is 0 Å². The summed E-state index contributed by atoms with van der Waals surface area (Å²) in [6.07, 6.45) is 4.05. The first kappa shape index (κ1) is 34.0. The summed E-state index contributed by atoms with van der Waals surface area (Å²) in [5, 5.41) is 3.32. The van der Waals surface area contributed by atoms with Crippen molar-refractivity contribution in [1.82, 2.24) is 10.2 Å². The van der Waals surface area contributed by atoms with Crippen LogP contribution in [0.15, 0.2) is 112 Å². The summed E-state index contributed by atoms with van der Waals surface area (Å²) < 4.78 is 30.1. The largest absolute Gasteiger partial charge is 0.352 e. The minimum Gasteiger partial charge on any atom is -0.352 e. The zero-order valence-electron chi connectivity index (χ0n) is 25.0. The van der Waals surface area contributed by atoms with E-state index in [-0.39, 0.29) is 45.5 Å². The second kappa shape index (κ2) is 15.5. The van der Waals surface area contributed by atoms with E-state index in [2.05, 4.69) is 21.2 Å². The van der Waals surface area contributed by atoms with Gasteiger partial charge in [-0.2, -0.15) is 0 Å². The number of amides is 2. The van der Waals surface area contributed by atoms with Crippen LogP contribution >= 0.6 is 39.1 Å². The van der Waals surface area contributed by atoms with Gasteiger partial charge in [-0.05, 0) is 60.4 Å². The highest BCUT2D eigenvalue weighted by molar-refractivity contribution is 9.10. The van der Waals surface area contributed by atoms with Crippen LogP contribution in [-0.4, -0.2) is 43.8 Å². The molecule has 0 saturated heterocycles. The molecule has 0 bridgehead atoms. The Kier molecular flexibility index (Phi) is 11.4. The van der Waals surface area contributed by atoms with E-state index in [9.17, 15) is 18.0 Å². The molecule has 11 heteroatoms. The molecule has 7 nitrogen and oxygen atoms in total. The van der Waals surface area contributed by atoms with Gasteiger partial charge in [0.1, 0.15) is 12.6 Å². The first-order valence-corrected chi connectivity index (χ1v) is 18.0. The Bertz CT molecular complexity index is 1750. The third-order valence-electron chi connectivity index (χ3n) is 8.05. The van der Waals surface area contributed by atoms with Gasteiger partial charge in [-0.15, -0.1) is 0 Å². The molecule has 0 heterocycles. The van der Waals surface area contributed by atoms with Crippen LogP contribution in [-0.2, 0) is 32.6 Å². The lowest BCUT2D eigenvalue weighted by molar-refractivity contribution is -0.140. The SMILES string of the molecule is O=C(NC1CCCC1)C(Cc1ccccc1)N(Cc1ccc(Br)cc1)C(=O)CN(c1cccc(Cl)c1Cl)S(=O)(=O)c1ccccc1. The van der Waals surface area contributed by atoms with E-state index in [1.165, 1.54) is 23.1 Å². The number of hydrogen-bond donors (Lipinski definition) is 1. The maximum atomic E-state index is 14.6. The molecule has 5 rings (SSSR count). The van der Waals surface area contributed by atoms with Crippen molar-refractivity contribution < 1.29 is 18.0 Å². The number of hydrogen-bond acceptors (Lipinski definition) is 4. The molecule has 1 unspecified atom stereocenters. The summed E-state index contributed by atoms with van der Waals surface area (Å²) in [4.78, 5) is 30.1. The van der Waals surface area contributed by atoms with Crippen LogP contribution in [0.4, 0.5) is 5.69 Å². The van der Waals surface area contributed by atoms with Crippen molar-refractivity contribution in [3.05, 3.63) is 129 Å². The highest BCUT2D eigenvalue weighted by Gasteiger charge is 2.36. The Morgan fingerprint density at radius 3 is 2.11 bits per heavy atom. The number of carbonyl (C=O) groups is 2. The van der Waals surface area contributed by atoms with Gasteiger partial charge in [0.05, 0.1) is 20.6 Å². The van der Waals surface area contributed by atoms with Crippen molar-refractivity contribution in [2.75, 3.05) is 10.8 Å². The first-order valence-electron chi connectivity index (χ1n) is 15.0. The van der Waals surface area contributed by atoms with Crippen LogP contribution in [0.3, 0.4) is 0 Å². The number of anilines is 1. The summed E-state index contributed by atoms with van der Waals surface area (Å²) in [5.74, 6) is -0.847. The van der Waals surface area contributed by atoms with Gasteiger partial charge in [0, 0.05) is 23.5 Å². The van der Waals surface area contributed by atoms with Crippen LogP contribution in [0.25, 0.3) is 0 Å². The van der Waals surface area contributed by atoms with Gasteiger partial charge in [-0.25, -0.2) is 8.42 Å². The maximum Gasteiger partial charge on any atom is 0.264 e. The van der Waals surface area contributed by atoms with Crippen LogP contribution in [0.1, 0.15) is 36.8 Å². The molecule has 0 radical (unpaired) electrons. The molecule has 0 spiro atoms. The quantitative estimate of drug-likeness (QED) is 0.162. The predicted molar refractivity (Wildman–Crippen MR) is 186 cm³/mol. The molecule has 1 aliphatic rings. The Hall–Kier alpha value is -3.37. The molecule has 46 heavy (non-hydrogen) atoms. The lowest BCUT2D eigenvalue weighted by Gasteiger charge is -2.34. The molecule has 240 valence electrons. The highest BCUT2D eigenvalue weighted by Crippen LogP contribution is 2.35. The minimum atomic E-state index is -4.29. The smallest absolute Gasteiger partial charge is 0.264 e. The average Bonchev–Trinajstić information content (AvgIpc) is 3.57. The third kappa shape index (κ3) is 8.31. The Balaban J connectivity index is 1.58. The molecule has 2 amide bonds. The van der Waals surface area contributed by atoms with E-state index in [1.54, 1.807) is 30.3 Å². The number of sulfonamides is 1. The second-order valence-corrected chi connectivity index (χ2v) is 14.8. The topological polar surface area (TPSA) is 86.8 Å². The molecule has 1 saturated carbocycles. The summed E-state index contributed by atoms with van der Waals surface area (Å²) in [5.41, 5.74) is 1.71. The fourth-order valence-corrected chi connectivity index (χ4v) is 7.79. The Labute approximate surface area is 288 Å². The molecule has 0 aliphatic heterocycles. The van der Waals surface area contributed by atoms with Gasteiger partial charge < -0.3 is 10.2 Å². The molecule has 1 aliphatic carbocycles. The summed E-state index contributed by atoms with van der Waals surface area (Å²) >= 11 is 16.4. The zero-order chi connectivity index (χ0) is 32.7. The van der Waals surface area contributed by atoms with Crippen LogP contribution in [0.5, 0.6) is 0 Å². The van der Waals surface area contributed by atoms with Crippen LogP contribution in [0.2, 0.25) is 10.0 Å². The van der Waals surface area contributed by atoms with Gasteiger partial charge in [0.15, 0.2) is 0 Å². The fourth-order valence-electron chi connectivity index (χ4n) is 5.63. The summed E-state index contributed by atoms with van der Waals surface area (Å²) in [6.45, 7) is -0.542. The predicted octanol–water partition coefficient (Wildman–Crippen LogP) is 7.65. The van der Waals surface area contributed by atoms with Gasteiger partial charge >= 0.3 is 0 Å². The molecule has 4 aromatic rings.